The van der Waals surface area contributed by atoms with Gasteiger partial charge in [0.2, 0.25) is 0 Å². The highest BCUT2D eigenvalue weighted by atomic mass is 16.6. The summed E-state index contributed by atoms with van der Waals surface area (Å²) in [4.78, 5) is 9.92. The van der Waals surface area contributed by atoms with E-state index in [1.54, 1.807) is 6.92 Å². The van der Waals surface area contributed by atoms with Gasteiger partial charge in [0.1, 0.15) is 12.4 Å². The Balaban J connectivity index is 3.23. The van der Waals surface area contributed by atoms with Crippen LogP contribution < -0.4 is 5.32 Å². The molecular formula is C7H15NO4. The predicted octanol–water partition coefficient (Wildman–Crippen LogP) is -1.51. The molecule has 0 saturated heterocycles. The van der Waals surface area contributed by atoms with Crippen LogP contribution in [0.2, 0.25) is 0 Å². The first-order valence-electron chi connectivity index (χ1n) is 3.84. The second-order valence-corrected chi connectivity index (χ2v) is 2.27. The van der Waals surface area contributed by atoms with Crippen LogP contribution in [0.15, 0.2) is 0 Å². The number of aliphatic hydroxyl groups excluding tert-OH is 2. The Morgan fingerprint density at radius 1 is 1.50 bits per heavy atom. The van der Waals surface area contributed by atoms with Gasteiger partial charge in [-0.15, -0.1) is 0 Å². The first-order valence-corrected chi connectivity index (χ1v) is 3.84. The third-order valence-corrected chi connectivity index (χ3v) is 1.19. The number of carbonyl (C=O) groups excluding carboxylic acids is 1. The van der Waals surface area contributed by atoms with Gasteiger partial charge in [-0.1, -0.05) is 0 Å². The van der Waals surface area contributed by atoms with Crippen LogP contribution in [0.1, 0.15) is 6.92 Å². The Labute approximate surface area is 71.3 Å². The minimum atomic E-state index is -1.01. The Kier molecular flexibility index (Phi) is 6.88. The van der Waals surface area contributed by atoms with Crippen LogP contribution in [-0.2, 0) is 9.53 Å². The minimum Gasteiger partial charge on any atom is -0.384 e. The summed E-state index contributed by atoms with van der Waals surface area (Å²) in [5.41, 5.74) is 0. The lowest BCUT2D eigenvalue weighted by molar-refractivity contribution is -0.115. The molecule has 0 aromatic carbocycles. The van der Waals surface area contributed by atoms with Crippen LogP contribution in [0.5, 0.6) is 0 Å². The largest absolute Gasteiger partial charge is 0.384 e. The van der Waals surface area contributed by atoms with Crippen LogP contribution in [0.4, 0.5) is 0 Å². The monoisotopic (exact) mass is 177 g/mol. The van der Waals surface area contributed by atoms with Gasteiger partial charge in [0, 0.05) is 19.7 Å². The van der Waals surface area contributed by atoms with Gasteiger partial charge in [-0.05, 0) is 6.92 Å². The quantitative estimate of drug-likeness (QED) is 0.325. The molecule has 2 atom stereocenters. The number of hydrogen-bond acceptors (Lipinski definition) is 5. The summed E-state index contributed by atoms with van der Waals surface area (Å²) in [5, 5.41) is 20.4. The van der Waals surface area contributed by atoms with E-state index in [-0.39, 0.29) is 13.1 Å². The van der Waals surface area contributed by atoms with E-state index in [1.807, 2.05) is 0 Å². The lowest BCUT2D eigenvalue weighted by Gasteiger charge is -2.11. The molecule has 5 heteroatoms. The summed E-state index contributed by atoms with van der Waals surface area (Å²) < 4.78 is 4.78. The topological polar surface area (TPSA) is 78.8 Å². The molecule has 0 saturated carbocycles. The van der Waals surface area contributed by atoms with Crippen molar-refractivity contribution in [3.8, 4) is 0 Å². The number of hydrogen-bond donors (Lipinski definition) is 3. The standard InChI is InChI=1S/C7H15NO4/c1-2-12-7(11)4-8-3-6(10)5-9/h5-8,10-11H,2-4H2,1H3. The number of ether oxygens (including phenoxy) is 1. The molecule has 0 fully saturated rings. The second-order valence-electron chi connectivity index (χ2n) is 2.27. The molecule has 0 rings (SSSR count). The van der Waals surface area contributed by atoms with Gasteiger partial charge in [-0.25, -0.2) is 0 Å². The van der Waals surface area contributed by atoms with Crippen molar-refractivity contribution in [3.63, 3.8) is 0 Å². The Hall–Kier alpha value is -0.490. The zero-order chi connectivity index (χ0) is 9.40. The average molecular weight is 177 g/mol. The normalized spacial score (nSPS) is 15.6. The average Bonchev–Trinajstić information content (AvgIpc) is 2.04. The van der Waals surface area contributed by atoms with Crippen molar-refractivity contribution in [1.82, 2.24) is 5.32 Å². The number of carbonyl (C=O) groups is 1. The van der Waals surface area contributed by atoms with E-state index in [0.29, 0.717) is 12.9 Å². The molecule has 0 bridgehead atoms. The number of aliphatic hydroxyl groups is 2. The van der Waals surface area contributed by atoms with Crippen LogP contribution in [0.3, 0.4) is 0 Å². The van der Waals surface area contributed by atoms with Crippen molar-refractivity contribution in [2.24, 2.45) is 0 Å². The molecule has 12 heavy (non-hydrogen) atoms. The van der Waals surface area contributed by atoms with Crippen molar-refractivity contribution >= 4 is 6.29 Å². The number of nitrogens with one attached hydrogen (secondary N) is 1. The van der Waals surface area contributed by atoms with Crippen molar-refractivity contribution in [1.29, 1.82) is 0 Å². The van der Waals surface area contributed by atoms with Gasteiger partial charge in [0.15, 0.2) is 6.29 Å². The van der Waals surface area contributed by atoms with E-state index in [9.17, 15) is 4.79 Å². The summed E-state index contributed by atoms with van der Waals surface area (Å²) in [7, 11) is 0. The van der Waals surface area contributed by atoms with Crippen LogP contribution in [0, 0.1) is 0 Å². The molecule has 0 spiro atoms. The molecule has 0 aliphatic carbocycles. The van der Waals surface area contributed by atoms with Gasteiger partial charge < -0.3 is 25.1 Å². The minimum absolute atomic E-state index is 0.133. The van der Waals surface area contributed by atoms with E-state index < -0.39 is 12.4 Å². The van der Waals surface area contributed by atoms with E-state index in [4.69, 9.17) is 14.9 Å². The van der Waals surface area contributed by atoms with Crippen LogP contribution in [-0.4, -0.2) is 48.6 Å². The van der Waals surface area contributed by atoms with Crippen molar-refractivity contribution in [2.45, 2.75) is 19.3 Å². The molecule has 0 aromatic heterocycles. The van der Waals surface area contributed by atoms with Crippen molar-refractivity contribution < 1.29 is 19.7 Å². The summed E-state index contributed by atoms with van der Waals surface area (Å²) in [6, 6.07) is 0. The third kappa shape index (κ3) is 6.23. The first-order chi connectivity index (χ1) is 5.70. The second kappa shape index (κ2) is 7.17. The lowest BCUT2D eigenvalue weighted by atomic mass is 10.4. The van der Waals surface area contributed by atoms with Gasteiger partial charge in [-0.3, -0.25) is 0 Å². The molecule has 5 nitrogen and oxygen atoms in total. The molecule has 0 aliphatic heterocycles. The van der Waals surface area contributed by atoms with E-state index in [2.05, 4.69) is 5.32 Å². The fraction of sp³-hybridized carbons (Fsp3) is 0.857. The molecule has 0 aliphatic rings. The molecule has 0 aromatic rings. The molecule has 0 amide bonds. The number of rotatable bonds is 7. The Bertz CT molecular complexity index is 120. The van der Waals surface area contributed by atoms with Gasteiger partial charge in [0.05, 0.1) is 0 Å². The highest BCUT2D eigenvalue weighted by molar-refractivity contribution is 5.55. The Morgan fingerprint density at radius 2 is 2.17 bits per heavy atom. The van der Waals surface area contributed by atoms with E-state index in [0.717, 1.165) is 0 Å². The predicted molar refractivity (Wildman–Crippen MR) is 42.6 cm³/mol. The molecule has 2 unspecified atom stereocenters. The highest BCUT2D eigenvalue weighted by Gasteiger charge is 2.04. The first kappa shape index (κ1) is 11.5. The van der Waals surface area contributed by atoms with Gasteiger partial charge in [0.25, 0.3) is 0 Å². The fourth-order valence-corrected chi connectivity index (χ4v) is 0.654. The Morgan fingerprint density at radius 3 is 2.67 bits per heavy atom. The van der Waals surface area contributed by atoms with Crippen LogP contribution >= 0.6 is 0 Å². The SMILES string of the molecule is CCOC(O)CNCC(O)C=O. The molecular weight excluding hydrogens is 162 g/mol. The summed E-state index contributed by atoms with van der Waals surface area (Å²) in [5.74, 6) is 0. The van der Waals surface area contributed by atoms with Crippen LogP contribution in [0.25, 0.3) is 0 Å². The maximum Gasteiger partial charge on any atom is 0.167 e. The molecule has 72 valence electrons. The van der Waals surface area contributed by atoms with Gasteiger partial charge in [-0.2, -0.15) is 0 Å². The zero-order valence-electron chi connectivity index (χ0n) is 7.06. The molecule has 3 N–H and O–H groups in total. The summed E-state index contributed by atoms with van der Waals surface area (Å²) >= 11 is 0. The van der Waals surface area contributed by atoms with E-state index in [1.165, 1.54) is 0 Å². The van der Waals surface area contributed by atoms with Gasteiger partial charge >= 0.3 is 0 Å². The maximum absolute atomic E-state index is 9.92. The highest BCUT2D eigenvalue weighted by Crippen LogP contribution is 1.83. The van der Waals surface area contributed by atoms with Crippen molar-refractivity contribution in [3.05, 3.63) is 0 Å². The maximum atomic E-state index is 9.92. The summed E-state index contributed by atoms with van der Waals surface area (Å²) in [6.45, 7) is 2.54. The lowest BCUT2D eigenvalue weighted by Crippen LogP contribution is -2.34. The smallest absolute Gasteiger partial charge is 0.167 e. The number of aldehydes is 1. The van der Waals surface area contributed by atoms with E-state index >= 15 is 0 Å². The third-order valence-electron chi connectivity index (χ3n) is 1.19. The molecule has 0 heterocycles. The molecule has 0 radical (unpaired) electrons. The van der Waals surface area contributed by atoms with Crippen molar-refractivity contribution in [2.75, 3.05) is 19.7 Å². The summed E-state index contributed by atoms with van der Waals surface area (Å²) in [6.07, 6.45) is -1.47. The fourth-order valence-electron chi connectivity index (χ4n) is 0.654. The zero-order valence-corrected chi connectivity index (χ0v) is 7.06.